The second kappa shape index (κ2) is 4.91. The first-order valence-electron chi connectivity index (χ1n) is 4.38. The molecular weight excluding hydrogens is 198 g/mol. The Balaban J connectivity index is 2.61. The van der Waals surface area contributed by atoms with Crippen molar-refractivity contribution >= 4 is 17.4 Å². The highest BCUT2D eigenvalue weighted by Crippen LogP contribution is 2.10. The van der Waals surface area contributed by atoms with E-state index in [9.17, 15) is 4.79 Å². The van der Waals surface area contributed by atoms with Crippen LogP contribution in [0.25, 0.3) is 0 Å². The molecule has 0 radical (unpaired) electrons. The van der Waals surface area contributed by atoms with E-state index in [1.54, 1.807) is 12.1 Å². The molecule has 0 aliphatic carbocycles. The molecule has 1 rings (SSSR count). The second-order valence-corrected chi connectivity index (χ2v) is 3.64. The Kier molecular flexibility index (Phi) is 3.84. The Morgan fingerprint density at radius 2 is 2.21 bits per heavy atom. The molecule has 14 heavy (non-hydrogen) atoms. The van der Waals surface area contributed by atoms with Gasteiger partial charge in [0.25, 0.3) is 0 Å². The van der Waals surface area contributed by atoms with Gasteiger partial charge < -0.3 is 0 Å². The number of ketones is 1. The summed E-state index contributed by atoms with van der Waals surface area (Å²) in [7, 11) is 0. The van der Waals surface area contributed by atoms with Crippen LogP contribution in [0.4, 0.5) is 0 Å². The van der Waals surface area contributed by atoms with Gasteiger partial charge in [0.1, 0.15) is 5.15 Å². The number of pyridine rings is 1. The molecule has 0 spiro atoms. The van der Waals surface area contributed by atoms with Crippen molar-refractivity contribution in [2.24, 2.45) is 0 Å². The van der Waals surface area contributed by atoms with Crippen molar-refractivity contribution in [1.82, 2.24) is 4.98 Å². The molecule has 2 nitrogen and oxygen atoms in total. The van der Waals surface area contributed by atoms with Gasteiger partial charge in [0.05, 0.1) is 0 Å². The molecule has 0 aliphatic rings. The van der Waals surface area contributed by atoms with Crippen molar-refractivity contribution in [3.05, 3.63) is 41.2 Å². The fourth-order valence-electron chi connectivity index (χ4n) is 1.01. The number of halogens is 1. The minimum atomic E-state index is 0.0807. The average Bonchev–Trinajstić information content (AvgIpc) is 2.15. The van der Waals surface area contributed by atoms with Crippen LogP contribution in [0, 0.1) is 0 Å². The van der Waals surface area contributed by atoms with E-state index in [-0.39, 0.29) is 5.78 Å². The van der Waals surface area contributed by atoms with Crippen molar-refractivity contribution in [3.8, 4) is 0 Å². The van der Waals surface area contributed by atoms with E-state index < -0.39 is 0 Å². The predicted molar refractivity (Wildman–Crippen MR) is 57.6 cm³/mol. The summed E-state index contributed by atoms with van der Waals surface area (Å²) in [5, 5.41) is 0.404. The van der Waals surface area contributed by atoms with Gasteiger partial charge in [-0.1, -0.05) is 17.2 Å². The number of carbonyl (C=O) groups excluding carboxylic acids is 1. The Morgan fingerprint density at radius 1 is 1.50 bits per heavy atom. The highest BCUT2D eigenvalue weighted by atomic mass is 35.5. The van der Waals surface area contributed by atoms with E-state index in [0.29, 0.717) is 17.1 Å². The highest BCUT2D eigenvalue weighted by Gasteiger charge is 2.05. The van der Waals surface area contributed by atoms with E-state index in [1.807, 2.05) is 6.92 Å². The molecule has 0 bridgehead atoms. The average molecular weight is 210 g/mol. The van der Waals surface area contributed by atoms with Gasteiger partial charge in [0.15, 0.2) is 5.78 Å². The van der Waals surface area contributed by atoms with Gasteiger partial charge >= 0.3 is 0 Å². The molecule has 1 aromatic rings. The first-order valence-corrected chi connectivity index (χ1v) is 4.76. The molecule has 0 unspecified atom stereocenters. The lowest BCUT2D eigenvalue weighted by atomic mass is 10.1. The van der Waals surface area contributed by atoms with Crippen LogP contribution in [0.3, 0.4) is 0 Å². The molecule has 0 fully saturated rings. The third-order valence-electron chi connectivity index (χ3n) is 1.83. The number of allylic oxidation sites excluding steroid dienone is 1. The van der Waals surface area contributed by atoms with Crippen molar-refractivity contribution < 1.29 is 4.79 Å². The molecule has 0 saturated heterocycles. The molecule has 0 saturated carbocycles. The van der Waals surface area contributed by atoms with Gasteiger partial charge in [0.2, 0.25) is 0 Å². The van der Waals surface area contributed by atoms with Gasteiger partial charge in [0, 0.05) is 18.2 Å². The van der Waals surface area contributed by atoms with E-state index in [0.717, 1.165) is 12.0 Å². The molecular formula is C11H12ClNO. The largest absolute Gasteiger partial charge is 0.294 e. The Bertz CT molecular complexity index is 343. The number of rotatable bonds is 4. The maximum Gasteiger partial charge on any atom is 0.164 e. The number of carbonyl (C=O) groups is 1. The third kappa shape index (κ3) is 3.30. The Labute approximate surface area is 88.6 Å². The van der Waals surface area contributed by atoms with Gasteiger partial charge in [-0.25, -0.2) is 4.98 Å². The molecule has 3 heteroatoms. The minimum absolute atomic E-state index is 0.0807. The monoisotopic (exact) mass is 209 g/mol. The van der Waals surface area contributed by atoms with Crippen molar-refractivity contribution in [3.63, 3.8) is 0 Å². The first kappa shape index (κ1) is 10.9. The number of hydrogen-bond donors (Lipinski definition) is 0. The van der Waals surface area contributed by atoms with Crippen LogP contribution in [0.5, 0.6) is 0 Å². The molecule has 0 atom stereocenters. The molecule has 0 aliphatic heterocycles. The quantitative estimate of drug-likeness (QED) is 0.433. The third-order valence-corrected chi connectivity index (χ3v) is 2.05. The molecule has 0 amide bonds. The molecule has 0 aromatic carbocycles. The summed E-state index contributed by atoms with van der Waals surface area (Å²) >= 11 is 5.61. The minimum Gasteiger partial charge on any atom is -0.294 e. The van der Waals surface area contributed by atoms with E-state index >= 15 is 0 Å². The summed E-state index contributed by atoms with van der Waals surface area (Å²) < 4.78 is 0. The fourth-order valence-corrected chi connectivity index (χ4v) is 1.12. The van der Waals surface area contributed by atoms with Crippen LogP contribution >= 0.6 is 11.6 Å². The van der Waals surface area contributed by atoms with Crippen LogP contribution in [-0.2, 0) is 0 Å². The van der Waals surface area contributed by atoms with Gasteiger partial charge in [-0.2, -0.15) is 0 Å². The molecule has 74 valence electrons. The van der Waals surface area contributed by atoms with Crippen LogP contribution in [0.1, 0.15) is 30.1 Å². The van der Waals surface area contributed by atoms with E-state index in [4.69, 9.17) is 11.6 Å². The van der Waals surface area contributed by atoms with Crippen molar-refractivity contribution in [2.45, 2.75) is 19.8 Å². The van der Waals surface area contributed by atoms with Gasteiger partial charge in [-0.3, -0.25) is 4.79 Å². The number of nitrogens with zero attached hydrogens (tertiary/aromatic N) is 1. The summed E-state index contributed by atoms with van der Waals surface area (Å²) in [6, 6.07) is 3.31. The van der Waals surface area contributed by atoms with Crippen molar-refractivity contribution in [1.29, 1.82) is 0 Å². The SMILES string of the molecule is C=C(C)CCC(=O)c1ccc(Cl)nc1. The first-order chi connectivity index (χ1) is 6.59. The molecule has 1 heterocycles. The van der Waals surface area contributed by atoms with Gasteiger partial charge in [-0.05, 0) is 25.5 Å². The smallest absolute Gasteiger partial charge is 0.164 e. The van der Waals surface area contributed by atoms with Crippen LogP contribution in [0.2, 0.25) is 5.15 Å². The summed E-state index contributed by atoms with van der Waals surface area (Å²) in [6.07, 6.45) is 2.71. The maximum atomic E-state index is 11.5. The standard InChI is InChI=1S/C11H12ClNO/c1-8(2)3-5-10(14)9-4-6-11(12)13-7-9/h4,6-7H,1,3,5H2,2H3. The summed E-state index contributed by atoms with van der Waals surface area (Å²) in [5.41, 5.74) is 1.62. The van der Waals surface area contributed by atoms with Crippen LogP contribution in [-0.4, -0.2) is 10.8 Å². The van der Waals surface area contributed by atoms with E-state index in [1.165, 1.54) is 6.20 Å². The zero-order chi connectivity index (χ0) is 10.6. The normalized spacial score (nSPS) is 9.86. The van der Waals surface area contributed by atoms with Gasteiger partial charge in [-0.15, -0.1) is 6.58 Å². The van der Waals surface area contributed by atoms with Crippen LogP contribution in [0.15, 0.2) is 30.5 Å². The lowest BCUT2D eigenvalue weighted by Crippen LogP contribution is -1.99. The van der Waals surface area contributed by atoms with E-state index in [2.05, 4.69) is 11.6 Å². The predicted octanol–water partition coefficient (Wildman–Crippen LogP) is 3.27. The number of Topliss-reactive ketones (excluding diaryl/α,β-unsaturated/α-hetero) is 1. The summed E-state index contributed by atoms with van der Waals surface area (Å²) in [6.45, 7) is 5.66. The molecule has 0 N–H and O–H groups in total. The zero-order valence-electron chi connectivity index (χ0n) is 8.09. The summed E-state index contributed by atoms with van der Waals surface area (Å²) in [5.74, 6) is 0.0807. The lowest BCUT2D eigenvalue weighted by Gasteiger charge is -2.00. The Morgan fingerprint density at radius 3 is 2.71 bits per heavy atom. The lowest BCUT2D eigenvalue weighted by molar-refractivity contribution is 0.0982. The van der Waals surface area contributed by atoms with Crippen molar-refractivity contribution in [2.75, 3.05) is 0 Å². The number of hydrogen-bond acceptors (Lipinski definition) is 2. The summed E-state index contributed by atoms with van der Waals surface area (Å²) in [4.78, 5) is 15.4. The fraction of sp³-hybridized carbons (Fsp3) is 0.273. The molecule has 1 aromatic heterocycles. The number of aromatic nitrogens is 1. The maximum absolute atomic E-state index is 11.5. The zero-order valence-corrected chi connectivity index (χ0v) is 8.84. The highest BCUT2D eigenvalue weighted by molar-refractivity contribution is 6.29. The topological polar surface area (TPSA) is 30.0 Å². The second-order valence-electron chi connectivity index (χ2n) is 3.25. The van der Waals surface area contributed by atoms with Crippen LogP contribution < -0.4 is 0 Å². The Hall–Kier alpha value is -1.15.